The topological polar surface area (TPSA) is 177 Å². The molecule has 240 valence electrons. The van der Waals surface area contributed by atoms with E-state index in [2.05, 4.69) is 5.32 Å². The van der Waals surface area contributed by atoms with Crippen molar-refractivity contribution >= 4 is 58.6 Å². The summed E-state index contributed by atoms with van der Waals surface area (Å²) in [6.07, 6.45) is 2.10. The molecule has 4 N–H and O–H groups in total. The Labute approximate surface area is 274 Å². The quantitative estimate of drug-likeness (QED) is 0.118. The minimum Gasteiger partial charge on any atom is -0.508 e. The Morgan fingerprint density at radius 1 is 0.891 bits per heavy atom. The fourth-order valence-electron chi connectivity index (χ4n) is 4.11. The smallest absolute Gasteiger partial charge is 0.455 e. The van der Waals surface area contributed by atoms with Crippen LogP contribution in [0.15, 0.2) is 95.6 Å². The summed E-state index contributed by atoms with van der Waals surface area (Å²) in [6, 6.07) is 17.9. The van der Waals surface area contributed by atoms with Gasteiger partial charge in [-0.2, -0.15) is 0 Å². The molecule has 0 aliphatic carbocycles. The number of amides is 1. The molecule has 0 aliphatic heterocycles. The van der Waals surface area contributed by atoms with E-state index in [1.54, 1.807) is 0 Å². The molecule has 0 aromatic heterocycles. The molecule has 0 fully saturated rings. The summed E-state index contributed by atoms with van der Waals surface area (Å²) in [5.41, 5.74) is 0.392. The van der Waals surface area contributed by atoms with Crippen molar-refractivity contribution in [2.75, 3.05) is 6.26 Å². The van der Waals surface area contributed by atoms with Crippen LogP contribution in [-0.4, -0.2) is 47.9 Å². The van der Waals surface area contributed by atoms with Gasteiger partial charge in [-0.3, -0.25) is 4.79 Å². The van der Waals surface area contributed by atoms with Crippen LogP contribution >= 0.6 is 30.8 Å². The highest BCUT2D eigenvalue weighted by Gasteiger charge is 2.27. The van der Waals surface area contributed by atoms with Gasteiger partial charge in [0.1, 0.15) is 29.0 Å². The van der Waals surface area contributed by atoms with Gasteiger partial charge in [-0.15, -0.1) is 0 Å². The number of hydrogen-bond acceptors (Lipinski definition) is 9. The van der Waals surface area contributed by atoms with Crippen molar-refractivity contribution in [2.24, 2.45) is 0 Å². The molecule has 11 nitrogen and oxygen atoms in total. The highest BCUT2D eigenvalue weighted by atomic mass is 35.5. The minimum atomic E-state index is -4.18. The average molecular weight is 706 g/mol. The highest BCUT2D eigenvalue weighted by molar-refractivity contribution is 7.90. The second kappa shape index (κ2) is 14.3. The van der Waals surface area contributed by atoms with Gasteiger partial charge in [0.05, 0.1) is 26.3 Å². The molecule has 0 bridgehead atoms. The standard InChI is InChI=1S/C31H26Cl2NO10PS/c1-46(41,42)25-10-2-5-19(13-25)16-28(31(38)39)34-30(37)29-26(32)14-20(15-27(29)33)11-12-45(40,43-23-8-3-6-21(35)17-23)44-24-9-4-7-22(36)18-24/h2-15,17-18,28,35-36H,16H2,1H3,(H,34,37)(H,38,39)/b12-11+/t28-/m0/s1. The first-order chi connectivity index (χ1) is 21.6. The molecule has 4 rings (SSSR count). The van der Waals surface area contributed by atoms with Gasteiger partial charge in [0.15, 0.2) is 9.84 Å². The largest absolute Gasteiger partial charge is 0.508 e. The van der Waals surface area contributed by atoms with Crippen LogP contribution in [0.3, 0.4) is 0 Å². The molecule has 4 aromatic carbocycles. The number of hydrogen-bond donors (Lipinski definition) is 4. The Kier molecular flexibility index (Phi) is 10.7. The van der Waals surface area contributed by atoms with E-state index in [-0.39, 0.29) is 55.5 Å². The lowest BCUT2D eigenvalue weighted by atomic mass is 10.0. The van der Waals surface area contributed by atoms with Crippen molar-refractivity contribution in [1.29, 1.82) is 0 Å². The number of nitrogens with one attached hydrogen (secondary N) is 1. The second-order valence-corrected chi connectivity index (χ2v) is 14.5. The molecular formula is C31H26Cl2NO10PS. The third-order valence-electron chi connectivity index (χ3n) is 6.21. The van der Waals surface area contributed by atoms with Gasteiger partial charge in [0.25, 0.3) is 5.91 Å². The van der Waals surface area contributed by atoms with Crippen LogP contribution in [0.2, 0.25) is 10.0 Å². The fourth-order valence-corrected chi connectivity index (χ4v) is 6.80. The van der Waals surface area contributed by atoms with Crippen molar-refractivity contribution in [3.8, 4) is 23.0 Å². The predicted octanol–water partition coefficient (Wildman–Crippen LogP) is 6.56. The second-order valence-electron chi connectivity index (χ2n) is 9.88. The first kappa shape index (κ1) is 34.4. The predicted molar refractivity (Wildman–Crippen MR) is 173 cm³/mol. The van der Waals surface area contributed by atoms with Crippen LogP contribution in [0, 0.1) is 0 Å². The Hall–Kier alpha value is -4.48. The molecule has 0 unspecified atom stereocenters. The van der Waals surface area contributed by atoms with Crippen molar-refractivity contribution in [1.82, 2.24) is 5.32 Å². The van der Waals surface area contributed by atoms with Crippen molar-refractivity contribution in [3.05, 3.63) is 117 Å². The number of rotatable bonds is 12. The Morgan fingerprint density at radius 2 is 1.43 bits per heavy atom. The van der Waals surface area contributed by atoms with Crippen molar-refractivity contribution < 1.29 is 46.9 Å². The molecule has 0 spiro atoms. The fraction of sp³-hybridized carbons (Fsp3) is 0.0968. The number of benzene rings is 4. The maximum Gasteiger partial charge on any atom is 0.455 e. The summed E-state index contributed by atoms with van der Waals surface area (Å²) in [4.78, 5) is 25.1. The van der Waals surface area contributed by atoms with Crippen molar-refractivity contribution in [3.63, 3.8) is 0 Å². The van der Waals surface area contributed by atoms with Gasteiger partial charge in [0.2, 0.25) is 0 Å². The first-order valence-corrected chi connectivity index (χ1v) is 17.5. The van der Waals surface area contributed by atoms with Crippen LogP contribution in [0.4, 0.5) is 0 Å². The number of carbonyl (C=O) groups excluding carboxylic acids is 1. The number of carboxylic acids is 1. The Morgan fingerprint density at radius 3 is 1.93 bits per heavy atom. The summed E-state index contributed by atoms with van der Waals surface area (Å²) in [7, 11) is -7.72. The SMILES string of the molecule is CS(=O)(=O)c1cccc(C[C@H](NC(=O)c2c(Cl)cc(/C=C/P(=O)(Oc3cccc(O)c3)Oc3cccc(O)c3)cc2Cl)C(=O)O)c1. The normalized spacial score (nSPS) is 12.4. The molecule has 1 amide bonds. The van der Waals surface area contributed by atoms with Gasteiger partial charge in [0, 0.05) is 24.8 Å². The third kappa shape index (κ3) is 9.27. The summed E-state index contributed by atoms with van der Waals surface area (Å²) in [6.45, 7) is 0. The number of aliphatic carboxylic acids is 1. The van der Waals surface area contributed by atoms with Gasteiger partial charge < -0.3 is 29.7 Å². The number of sulfone groups is 1. The lowest BCUT2D eigenvalue weighted by molar-refractivity contribution is -0.139. The molecule has 0 heterocycles. The number of carbonyl (C=O) groups is 2. The maximum atomic E-state index is 13.8. The van der Waals surface area contributed by atoms with Crippen LogP contribution in [-0.2, 0) is 25.6 Å². The van der Waals surface area contributed by atoms with Gasteiger partial charge >= 0.3 is 13.6 Å². The molecule has 0 radical (unpaired) electrons. The summed E-state index contributed by atoms with van der Waals surface area (Å²) >= 11 is 12.8. The molecule has 0 saturated carbocycles. The summed E-state index contributed by atoms with van der Waals surface area (Å²) < 4.78 is 48.8. The first-order valence-electron chi connectivity index (χ1n) is 13.2. The van der Waals surface area contributed by atoms with Gasteiger partial charge in [-0.25, -0.2) is 17.8 Å². The third-order valence-corrected chi connectivity index (χ3v) is 9.36. The number of phenolic OH excluding ortho intramolecular Hbond substituents is 2. The van der Waals surface area contributed by atoms with E-state index >= 15 is 0 Å². The number of carboxylic acid groups (broad SMARTS) is 1. The van der Waals surface area contributed by atoms with E-state index in [1.807, 2.05) is 0 Å². The van der Waals surface area contributed by atoms with Crippen LogP contribution in [0.25, 0.3) is 6.08 Å². The van der Waals surface area contributed by atoms with E-state index in [0.29, 0.717) is 5.56 Å². The van der Waals surface area contributed by atoms with Crippen molar-refractivity contribution in [2.45, 2.75) is 17.4 Å². The minimum absolute atomic E-state index is 0.000578. The van der Waals surface area contributed by atoms with E-state index in [9.17, 15) is 37.9 Å². The molecule has 0 aliphatic rings. The van der Waals surface area contributed by atoms with Crippen LogP contribution in [0.1, 0.15) is 21.5 Å². The average Bonchev–Trinajstić information content (AvgIpc) is 2.95. The Balaban J connectivity index is 1.58. The maximum absolute atomic E-state index is 13.8. The Bertz CT molecular complexity index is 1910. The highest BCUT2D eigenvalue weighted by Crippen LogP contribution is 2.51. The summed E-state index contributed by atoms with van der Waals surface area (Å²) in [5.74, 6) is -1.44. The lowest BCUT2D eigenvalue weighted by Gasteiger charge is -2.18. The zero-order valence-electron chi connectivity index (χ0n) is 23.8. The zero-order valence-corrected chi connectivity index (χ0v) is 27.1. The van der Waals surface area contributed by atoms with E-state index in [4.69, 9.17) is 32.2 Å². The molecular weight excluding hydrogens is 680 g/mol. The lowest BCUT2D eigenvalue weighted by Crippen LogP contribution is -2.42. The molecule has 4 aromatic rings. The van der Waals surface area contributed by atoms with Crippen LogP contribution in [0.5, 0.6) is 23.0 Å². The summed E-state index contributed by atoms with van der Waals surface area (Å²) in [5, 5.41) is 31.4. The molecule has 46 heavy (non-hydrogen) atoms. The van der Waals surface area contributed by atoms with Gasteiger partial charge in [-0.1, -0.05) is 47.5 Å². The van der Waals surface area contributed by atoms with E-state index < -0.39 is 35.4 Å². The van der Waals surface area contributed by atoms with Gasteiger partial charge in [-0.05, 0) is 65.7 Å². The zero-order chi connectivity index (χ0) is 33.6. The molecule has 1 atom stereocenters. The number of halogens is 2. The van der Waals surface area contributed by atoms with E-state index in [1.165, 1.54) is 91.0 Å². The van der Waals surface area contributed by atoms with Crippen LogP contribution < -0.4 is 14.4 Å². The molecule has 0 saturated heterocycles. The number of aromatic hydroxyl groups is 2. The number of phenols is 2. The monoisotopic (exact) mass is 705 g/mol. The van der Waals surface area contributed by atoms with E-state index in [0.717, 1.165) is 12.1 Å². The molecule has 15 heteroatoms.